The van der Waals surface area contributed by atoms with Gasteiger partial charge in [-0.1, -0.05) is 60.4 Å². The zero-order valence-corrected chi connectivity index (χ0v) is 18.8. The van der Waals surface area contributed by atoms with Crippen LogP contribution in [0.25, 0.3) is 10.9 Å². The summed E-state index contributed by atoms with van der Waals surface area (Å²) in [5, 5.41) is 5.04. The molecule has 0 unspecified atom stereocenters. The van der Waals surface area contributed by atoms with Crippen LogP contribution in [0.3, 0.4) is 0 Å². The molecule has 3 rings (SSSR count). The van der Waals surface area contributed by atoms with Crippen molar-refractivity contribution in [1.82, 2.24) is 9.55 Å². The van der Waals surface area contributed by atoms with Crippen LogP contribution in [0.4, 0.5) is 5.69 Å². The largest absolute Gasteiger partial charge is 0.324 e. The first-order valence-electron chi connectivity index (χ1n) is 8.82. The highest BCUT2D eigenvalue weighted by atomic mass is 35.5. The van der Waals surface area contributed by atoms with Crippen molar-refractivity contribution < 1.29 is 4.79 Å². The van der Waals surface area contributed by atoms with Crippen LogP contribution >= 0.6 is 46.6 Å². The van der Waals surface area contributed by atoms with Gasteiger partial charge in [-0.2, -0.15) is 0 Å². The number of hydrogen-bond donors (Lipinski definition) is 1. The molecule has 0 aliphatic rings. The molecule has 1 amide bonds. The van der Waals surface area contributed by atoms with Crippen LogP contribution in [0.1, 0.15) is 13.8 Å². The van der Waals surface area contributed by atoms with Gasteiger partial charge in [0.25, 0.3) is 5.56 Å². The van der Waals surface area contributed by atoms with Crippen LogP contribution in [0.2, 0.25) is 15.1 Å². The van der Waals surface area contributed by atoms with Crippen molar-refractivity contribution in [2.75, 3.05) is 11.1 Å². The Bertz CT molecular complexity index is 1130. The molecule has 0 fully saturated rings. The zero-order chi connectivity index (χ0) is 21.1. The van der Waals surface area contributed by atoms with E-state index in [0.717, 1.165) is 0 Å². The minimum Gasteiger partial charge on any atom is -0.324 e. The van der Waals surface area contributed by atoms with Gasteiger partial charge in [0.05, 0.1) is 27.4 Å². The number of halogens is 3. The van der Waals surface area contributed by atoms with Crippen LogP contribution in [0, 0.1) is 5.92 Å². The van der Waals surface area contributed by atoms with Crippen LogP contribution in [-0.2, 0) is 11.3 Å². The molecule has 0 saturated heterocycles. The molecule has 5 nitrogen and oxygen atoms in total. The zero-order valence-electron chi connectivity index (χ0n) is 15.7. The normalized spacial score (nSPS) is 11.2. The minimum absolute atomic E-state index is 0.0550. The van der Waals surface area contributed by atoms with Gasteiger partial charge in [-0.25, -0.2) is 4.98 Å². The maximum atomic E-state index is 12.9. The Morgan fingerprint density at radius 1 is 1.14 bits per heavy atom. The molecule has 3 aromatic rings. The fourth-order valence-corrected chi connectivity index (χ4v) is 4.03. The van der Waals surface area contributed by atoms with Gasteiger partial charge in [-0.3, -0.25) is 14.2 Å². The lowest BCUT2D eigenvalue weighted by Gasteiger charge is -2.15. The van der Waals surface area contributed by atoms with Gasteiger partial charge in [0.1, 0.15) is 0 Å². The third-order valence-corrected chi connectivity index (χ3v) is 5.74. The first-order chi connectivity index (χ1) is 13.7. The van der Waals surface area contributed by atoms with E-state index in [1.807, 2.05) is 13.8 Å². The van der Waals surface area contributed by atoms with E-state index in [4.69, 9.17) is 34.8 Å². The molecule has 1 heterocycles. The minimum atomic E-state index is -0.282. The van der Waals surface area contributed by atoms with Crippen LogP contribution < -0.4 is 10.9 Å². The number of anilines is 1. The lowest BCUT2D eigenvalue weighted by molar-refractivity contribution is -0.113. The van der Waals surface area contributed by atoms with Gasteiger partial charge in [0.2, 0.25) is 5.91 Å². The average molecular weight is 471 g/mol. The molecule has 1 N–H and O–H groups in total. The van der Waals surface area contributed by atoms with E-state index < -0.39 is 0 Å². The summed E-state index contributed by atoms with van der Waals surface area (Å²) in [4.78, 5) is 29.9. The van der Waals surface area contributed by atoms with E-state index in [2.05, 4.69) is 10.3 Å². The Labute approximate surface area is 187 Å². The second-order valence-corrected chi connectivity index (χ2v) is 9.05. The smallest absolute Gasteiger partial charge is 0.262 e. The topological polar surface area (TPSA) is 64.0 Å². The number of nitrogens with zero attached hydrogens (tertiary/aromatic N) is 2. The van der Waals surface area contributed by atoms with E-state index in [0.29, 0.717) is 43.4 Å². The Morgan fingerprint density at radius 3 is 2.55 bits per heavy atom. The number of fused-ring (bicyclic) bond motifs is 1. The lowest BCUT2D eigenvalue weighted by atomic mass is 10.2. The first-order valence-corrected chi connectivity index (χ1v) is 10.9. The monoisotopic (exact) mass is 469 g/mol. The van der Waals surface area contributed by atoms with Gasteiger partial charge in [-0.05, 0) is 42.3 Å². The summed E-state index contributed by atoms with van der Waals surface area (Å²) in [6.07, 6.45) is 0. The molecule has 0 saturated carbocycles. The molecular formula is C20H18Cl3N3O2S. The predicted octanol–water partition coefficient (Wildman–Crippen LogP) is 5.74. The Hall–Kier alpha value is -1.73. The number of nitrogens with one attached hydrogen (secondary N) is 1. The highest BCUT2D eigenvalue weighted by Gasteiger charge is 2.15. The number of rotatable bonds is 6. The van der Waals surface area contributed by atoms with Crippen molar-refractivity contribution in [3.05, 3.63) is 61.8 Å². The number of amides is 1. The molecular weight excluding hydrogens is 453 g/mol. The van der Waals surface area contributed by atoms with Crippen molar-refractivity contribution in [3.63, 3.8) is 0 Å². The highest BCUT2D eigenvalue weighted by molar-refractivity contribution is 7.99. The molecule has 1 aromatic heterocycles. The van der Waals surface area contributed by atoms with Crippen molar-refractivity contribution in [1.29, 1.82) is 0 Å². The third-order valence-electron chi connectivity index (χ3n) is 3.96. The fraction of sp³-hybridized carbons (Fsp3) is 0.250. The predicted molar refractivity (Wildman–Crippen MR) is 122 cm³/mol. The second kappa shape index (κ2) is 9.39. The van der Waals surface area contributed by atoms with Crippen molar-refractivity contribution in [2.24, 2.45) is 5.92 Å². The summed E-state index contributed by atoms with van der Waals surface area (Å²) in [5.74, 6) is 0.00723. The Morgan fingerprint density at radius 2 is 1.83 bits per heavy atom. The van der Waals surface area contributed by atoms with Crippen LogP contribution in [0.5, 0.6) is 0 Å². The molecule has 0 atom stereocenters. The average Bonchev–Trinajstić information content (AvgIpc) is 2.65. The Kier molecular flexibility index (Phi) is 7.11. The van der Waals surface area contributed by atoms with Gasteiger partial charge in [0, 0.05) is 16.6 Å². The number of aromatic nitrogens is 2. The van der Waals surface area contributed by atoms with Gasteiger partial charge in [-0.15, -0.1) is 0 Å². The van der Waals surface area contributed by atoms with E-state index in [-0.39, 0.29) is 23.1 Å². The molecule has 0 aliphatic heterocycles. The number of carbonyl (C=O) groups is 1. The molecule has 0 spiro atoms. The van der Waals surface area contributed by atoms with Crippen molar-refractivity contribution in [2.45, 2.75) is 25.5 Å². The van der Waals surface area contributed by atoms with Crippen molar-refractivity contribution >= 4 is 69.1 Å². The maximum absolute atomic E-state index is 12.9. The summed E-state index contributed by atoms with van der Waals surface area (Å²) in [6.45, 7) is 4.52. The van der Waals surface area contributed by atoms with E-state index >= 15 is 0 Å². The summed E-state index contributed by atoms with van der Waals surface area (Å²) in [6, 6.07) is 9.82. The van der Waals surface area contributed by atoms with E-state index in [1.165, 1.54) is 11.8 Å². The van der Waals surface area contributed by atoms with Gasteiger partial charge < -0.3 is 5.32 Å². The number of benzene rings is 2. The fourth-order valence-electron chi connectivity index (χ4n) is 2.72. The number of thioether (sulfide) groups is 1. The second-order valence-electron chi connectivity index (χ2n) is 6.83. The van der Waals surface area contributed by atoms with Gasteiger partial charge in [0.15, 0.2) is 5.16 Å². The lowest BCUT2D eigenvalue weighted by Crippen LogP contribution is -2.26. The summed E-state index contributed by atoms with van der Waals surface area (Å²) in [7, 11) is 0. The molecule has 29 heavy (non-hydrogen) atoms. The Balaban J connectivity index is 1.87. The summed E-state index contributed by atoms with van der Waals surface area (Å²) in [5.41, 5.74) is 0.784. The van der Waals surface area contributed by atoms with E-state index in [1.54, 1.807) is 41.0 Å². The highest BCUT2D eigenvalue weighted by Crippen LogP contribution is 2.26. The number of carbonyl (C=O) groups excluding carboxylic acids is 1. The molecule has 2 aromatic carbocycles. The van der Waals surface area contributed by atoms with Gasteiger partial charge >= 0.3 is 0 Å². The summed E-state index contributed by atoms with van der Waals surface area (Å²) >= 11 is 19.3. The standard InChI is InChI=1S/C20H18Cl3N3O2S/c1-11(2)9-26-19(28)14-5-3-12(21)7-16(14)25-20(26)29-10-18(27)24-17-8-13(22)4-6-15(17)23/h3-8,11H,9-10H2,1-2H3,(H,24,27). The molecule has 0 aliphatic carbocycles. The molecule has 0 radical (unpaired) electrons. The van der Waals surface area contributed by atoms with E-state index in [9.17, 15) is 9.59 Å². The first kappa shape index (κ1) is 22.0. The third kappa shape index (κ3) is 5.45. The van der Waals surface area contributed by atoms with Crippen LogP contribution in [-0.4, -0.2) is 21.2 Å². The van der Waals surface area contributed by atoms with Crippen molar-refractivity contribution in [3.8, 4) is 0 Å². The molecule has 0 bridgehead atoms. The van der Waals surface area contributed by atoms with Crippen LogP contribution in [0.15, 0.2) is 46.3 Å². The molecule has 152 valence electrons. The summed E-state index contributed by atoms with van der Waals surface area (Å²) < 4.78 is 1.60. The SMILES string of the molecule is CC(C)Cn1c(SCC(=O)Nc2cc(Cl)ccc2Cl)nc2cc(Cl)ccc2c1=O. The maximum Gasteiger partial charge on any atom is 0.262 e. The number of hydrogen-bond acceptors (Lipinski definition) is 4. The quantitative estimate of drug-likeness (QED) is 0.368. The molecule has 9 heteroatoms.